The minimum Gasteiger partial charge on any atom is -0.486 e. The summed E-state index contributed by atoms with van der Waals surface area (Å²) in [6, 6.07) is 25.6. The van der Waals surface area contributed by atoms with Crippen LogP contribution >= 0.6 is 11.3 Å². The van der Waals surface area contributed by atoms with Crippen molar-refractivity contribution in [3.05, 3.63) is 117 Å². The molecule has 1 fully saturated rings. The molecule has 6 rings (SSSR count). The van der Waals surface area contributed by atoms with Crippen LogP contribution in [0.15, 0.2) is 84.2 Å². The summed E-state index contributed by atoms with van der Waals surface area (Å²) in [6.45, 7) is 2.56. The standard InChI is InChI=1S/C31H29N3O3S/c35-30(24-11-5-2-6-12-24)34-18-15-22-13-14-25(19-26(22)29(34)23-9-3-1-4-10-23)37-20-28-32-27(21-38-28)31(36)33-16-7-8-17-33/h1-6,9-14,19,21,29H,7-8,15-18,20H2/t29-/m1/s1. The van der Waals surface area contributed by atoms with E-state index in [2.05, 4.69) is 29.2 Å². The molecule has 1 aromatic heterocycles. The van der Waals surface area contributed by atoms with Gasteiger partial charge in [-0.05, 0) is 60.2 Å². The van der Waals surface area contributed by atoms with Crippen molar-refractivity contribution in [3.63, 3.8) is 0 Å². The molecule has 4 aromatic rings. The summed E-state index contributed by atoms with van der Waals surface area (Å²) in [5.74, 6) is 0.753. The van der Waals surface area contributed by atoms with Crippen molar-refractivity contribution in [2.24, 2.45) is 0 Å². The Kier molecular flexibility index (Phi) is 6.92. The van der Waals surface area contributed by atoms with E-state index in [-0.39, 0.29) is 17.9 Å². The van der Waals surface area contributed by atoms with Crippen molar-refractivity contribution in [2.45, 2.75) is 31.9 Å². The van der Waals surface area contributed by atoms with E-state index in [0.29, 0.717) is 24.4 Å². The molecule has 7 heteroatoms. The molecule has 0 bridgehead atoms. The van der Waals surface area contributed by atoms with E-state index in [1.807, 2.05) is 69.8 Å². The van der Waals surface area contributed by atoms with Crippen LogP contribution in [0.5, 0.6) is 5.75 Å². The minimum absolute atomic E-state index is 0.00709. The Morgan fingerprint density at radius 1 is 0.895 bits per heavy atom. The molecule has 0 aliphatic carbocycles. The molecule has 0 spiro atoms. The van der Waals surface area contributed by atoms with E-state index in [4.69, 9.17) is 4.74 Å². The molecular formula is C31H29N3O3S. The van der Waals surface area contributed by atoms with Crippen LogP contribution < -0.4 is 4.74 Å². The highest BCUT2D eigenvalue weighted by atomic mass is 32.1. The first kappa shape index (κ1) is 24.4. The van der Waals surface area contributed by atoms with Crippen LogP contribution in [0, 0.1) is 0 Å². The van der Waals surface area contributed by atoms with Crippen molar-refractivity contribution < 1.29 is 14.3 Å². The monoisotopic (exact) mass is 523 g/mol. The Balaban J connectivity index is 1.25. The fourth-order valence-electron chi connectivity index (χ4n) is 5.35. The second kappa shape index (κ2) is 10.8. The Hall–Kier alpha value is -3.97. The number of rotatable bonds is 6. The Morgan fingerprint density at radius 2 is 1.63 bits per heavy atom. The fourth-order valence-corrected chi connectivity index (χ4v) is 6.03. The highest BCUT2D eigenvalue weighted by Crippen LogP contribution is 2.38. The van der Waals surface area contributed by atoms with E-state index in [1.54, 1.807) is 0 Å². The average molecular weight is 524 g/mol. The van der Waals surface area contributed by atoms with Crippen LogP contribution in [0.3, 0.4) is 0 Å². The molecule has 1 atom stereocenters. The SMILES string of the molecule is O=C(c1csc(COc2ccc3c(c2)[C@@H](c2ccccc2)N(C(=O)c2ccccc2)CC3)n1)N1CCCC1. The maximum atomic E-state index is 13.6. The topological polar surface area (TPSA) is 62.7 Å². The number of fused-ring (bicyclic) bond motifs is 1. The third-order valence-electron chi connectivity index (χ3n) is 7.27. The van der Waals surface area contributed by atoms with E-state index >= 15 is 0 Å². The van der Waals surface area contributed by atoms with Crippen molar-refractivity contribution in [2.75, 3.05) is 19.6 Å². The predicted octanol–water partition coefficient (Wildman–Crippen LogP) is 5.75. The van der Waals surface area contributed by atoms with Crippen LogP contribution in [-0.2, 0) is 13.0 Å². The fraction of sp³-hybridized carbons (Fsp3) is 0.258. The molecule has 6 nitrogen and oxygen atoms in total. The first-order valence-corrected chi connectivity index (χ1v) is 14.0. The molecule has 0 radical (unpaired) electrons. The van der Waals surface area contributed by atoms with Crippen LogP contribution in [0.4, 0.5) is 0 Å². The van der Waals surface area contributed by atoms with Crippen molar-refractivity contribution in [1.29, 1.82) is 0 Å². The second-order valence-electron chi connectivity index (χ2n) is 9.70. The van der Waals surface area contributed by atoms with Gasteiger partial charge in [0.05, 0.1) is 6.04 Å². The molecular weight excluding hydrogens is 494 g/mol. The zero-order valence-electron chi connectivity index (χ0n) is 21.1. The van der Waals surface area contributed by atoms with Crippen molar-refractivity contribution in [1.82, 2.24) is 14.8 Å². The van der Waals surface area contributed by atoms with E-state index in [0.717, 1.165) is 54.2 Å². The molecule has 38 heavy (non-hydrogen) atoms. The smallest absolute Gasteiger partial charge is 0.273 e. The Bertz CT molecular complexity index is 1430. The third-order valence-corrected chi connectivity index (χ3v) is 8.09. The van der Waals surface area contributed by atoms with Crippen LogP contribution in [-0.4, -0.2) is 46.2 Å². The summed E-state index contributed by atoms with van der Waals surface area (Å²) in [7, 11) is 0. The van der Waals surface area contributed by atoms with Gasteiger partial charge in [0.15, 0.2) is 0 Å². The number of hydrogen-bond donors (Lipinski definition) is 0. The molecule has 0 N–H and O–H groups in total. The number of amides is 2. The molecule has 0 saturated carbocycles. The normalized spacial score (nSPS) is 16.8. The molecule has 3 aromatic carbocycles. The molecule has 1 saturated heterocycles. The highest BCUT2D eigenvalue weighted by molar-refractivity contribution is 7.09. The lowest BCUT2D eigenvalue weighted by Gasteiger charge is -2.38. The van der Waals surface area contributed by atoms with Crippen molar-refractivity contribution >= 4 is 23.2 Å². The van der Waals surface area contributed by atoms with Crippen LogP contribution in [0.2, 0.25) is 0 Å². The maximum Gasteiger partial charge on any atom is 0.273 e. The first-order valence-electron chi connectivity index (χ1n) is 13.1. The summed E-state index contributed by atoms with van der Waals surface area (Å²) in [5.41, 5.74) is 4.55. The lowest BCUT2D eigenvalue weighted by molar-refractivity contribution is 0.0693. The van der Waals surface area contributed by atoms with E-state index in [1.165, 1.54) is 16.9 Å². The minimum atomic E-state index is -0.208. The molecule has 2 amide bonds. The average Bonchev–Trinajstić information content (AvgIpc) is 3.69. The van der Waals surface area contributed by atoms with Gasteiger partial charge in [-0.15, -0.1) is 11.3 Å². The van der Waals surface area contributed by atoms with E-state index < -0.39 is 0 Å². The number of nitrogens with zero attached hydrogens (tertiary/aromatic N) is 3. The van der Waals surface area contributed by atoms with Gasteiger partial charge in [0.1, 0.15) is 23.1 Å². The maximum absolute atomic E-state index is 13.6. The summed E-state index contributed by atoms with van der Waals surface area (Å²) in [6.07, 6.45) is 2.90. The van der Waals surface area contributed by atoms with Gasteiger partial charge < -0.3 is 14.5 Å². The number of thiazole rings is 1. The van der Waals surface area contributed by atoms with Crippen molar-refractivity contribution in [3.8, 4) is 5.75 Å². The molecule has 3 heterocycles. The van der Waals surface area contributed by atoms with Gasteiger partial charge in [-0.25, -0.2) is 4.98 Å². The zero-order chi connectivity index (χ0) is 25.9. The number of ether oxygens (including phenoxy) is 1. The number of carbonyl (C=O) groups is 2. The summed E-state index contributed by atoms with van der Waals surface area (Å²) < 4.78 is 6.16. The summed E-state index contributed by atoms with van der Waals surface area (Å²) in [4.78, 5) is 34.6. The first-order chi connectivity index (χ1) is 18.7. The molecule has 192 valence electrons. The largest absolute Gasteiger partial charge is 0.486 e. The lowest BCUT2D eigenvalue weighted by atomic mass is 9.87. The van der Waals surface area contributed by atoms with Gasteiger partial charge in [-0.1, -0.05) is 54.6 Å². The summed E-state index contributed by atoms with van der Waals surface area (Å²) in [5, 5.41) is 2.59. The Morgan fingerprint density at radius 3 is 2.39 bits per heavy atom. The molecule has 0 unspecified atom stereocenters. The van der Waals surface area contributed by atoms with Gasteiger partial charge in [0, 0.05) is 30.6 Å². The molecule has 2 aliphatic heterocycles. The number of benzene rings is 3. The highest BCUT2D eigenvalue weighted by Gasteiger charge is 2.33. The van der Waals surface area contributed by atoms with E-state index in [9.17, 15) is 9.59 Å². The van der Waals surface area contributed by atoms with Gasteiger partial charge in [-0.2, -0.15) is 0 Å². The van der Waals surface area contributed by atoms with Crippen LogP contribution in [0.25, 0.3) is 0 Å². The van der Waals surface area contributed by atoms with Gasteiger partial charge >= 0.3 is 0 Å². The van der Waals surface area contributed by atoms with Gasteiger partial charge in [0.25, 0.3) is 11.8 Å². The Labute approximate surface area is 226 Å². The lowest BCUT2D eigenvalue weighted by Crippen LogP contribution is -2.40. The van der Waals surface area contributed by atoms with Gasteiger partial charge in [-0.3, -0.25) is 9.59 Å². The third kappa shape index (κ3) is 4.94. The quantitative estimate of drug-likeness (QED) is 0.323. The van der Waals surface area contributed by atoms with Gasteiger partial charge in [0.2, 0.25) is 0 Å². The number of hydrogen-bond acceptors (Lipinski definition) is 5. The summed E-state index contributed by atoms with van der Waals surface area (Å²) >= 11 is 1.45. The number of aromatic nitrogens is 1. The number of carbonyl (C=O) groups excluding carboxylic acids is 2. The van der Waals surface area contributed by atoms with Crippen LogP contribution in [0.1, 0.15) is 61.4 Å². The number of likely N-dealkylation sites (tertiary alicyclic amines) is 1. The predicted molar refractivity (Wildman–Crippen MR) is 147 cm³/mol. The molecule has 2 aliphatic rings. The zero-order valence-corrected chi connectivity index (χ0v) is 21.9. The second-order valence-corrected chi connectivity index (χ2v) is 10.6.